The van der Waals surface area contributed by atoms with E-state index in [1.54, 1.807) is 11.0 Å². The third kappa shape index (κ3) is 2.26. The minimum Gasteiger partial charge on any atom is -0.465 e. The number of methoxy groups -OCH3 is 1. The van der Waals surface area contributed by atoms with Crippen molar-refractivity contribution >= 4 is 28.2 Å². The molecular formula is C12H16N2O3S. The van der Waals surface area contributed by atoms with Crippen molar-refractivity contribution in [2.75, 3.05) is 18.6 Å². The van der Waals surface area contributed by atoms with E-state index in [0.717, 1.165) is 11.3 Å². The molecule has 0 bridgehead atoms. The summed E-state index contributed by atoms with van der Waals surface area (Å²) in [5.74, 6) is -0.439. The lowest BCUT2D eigenvalue weighted by Crippen LogP contribution is -2.28. The van der Waals surface area contributed by atoms with Gasteiger partial charge in [0.25, 0.3) is 0 Å². The smallest absolute Gasteiger partial charge is 0.340 e. The topological polar surface area (TPSA) is 72.6 Å². The highest BCUT2D eigenvalue weighted by Gasteiger charge is 2.32. The number of ether oxygens (including phenoxy) is 1. The zero-order valence-corrected chi connectivity index (χ0v) is 11.3. The second-order valence-corrected chi connectivity index (χ2v) is 5.36. The second kappa shape index (κ2) is 5.07. The standard InChI is InChI=1S/C12H16N2O3S/c1-3-8-5-9(12(16)17-2)11(18-8)14-6-7(13)4-10(14)15/h5,7H,3-4,6,13H2,1-2H3. The van der Waals surface area contributed by atoms with Gasteiger partial charge in [0, 0.05) is 23.9 Å². The number of thiophene rings is 1. The molecule has 1 saturated heterocycles. The molecule has 1 atom stereocenters. The lowest BCUT2D eigenvalue weighted by molar-refractivity contribution is -0.117. The summed E-state index contributed by atoms with van der Waals surface area (Å²) in [6.45, 7) is 2.47. The van der Waals surface area contributed by atoms with Crippen LogP contribution in [0.4, 0.5) is 5.00 Å². The van der Waals surface area contributed by atoms with Gasteiger partial charge in [-0.25, -0.2) is 4.79 Å². The van der Waals surface area contributed by atoms with Crippen molar-refractivity contribution in [1.29, 1.82) is 0 Å². The van der Waals surface area contributed by atoms with E-state index < -0.39 is 5.97 Å². The van der Waals surface area contributed by atoms with Crippen LogP contribution in [-0.4, -0.2) is 31.6 Å². The SMILES string of the molecule is CCc1cc(C(=O)OC)c(N2CC(N)CC2=O)s1. The highest BCUT2D eigenvalue weighted by Crippen LogP contribution is 2.34. The third-order valence-electron chi connectivity index (χ3n) is 2.92. The van der Waals surface area contributed by atoms with Gasteiger partial charge in [0.05, 0.1) is 12.7 Å². The first kappa shape index (κ1) is 13.0. The van der Waals surface area contributed by atoms with Crippen LogP contribution in [0.15, 0.2) is 6.07 Å². The summed E-state index contributed by atoms with van der Waals surface area (Å²) in [7, 11) is 1.34. The van der Waals surface area contributed by atoms with Gasteiger partial charge in [-0.15, -0.1) is 11.3 Å². The molecule has 1 aliphatic rings. The molecule has 0 radical (unpaired) electrons. The van der Waals surface area contributed by atoms with Gasteiger partial charge in [0.15, 0.2) is 0 Å². The molecule has 0 aliphatic carbocycles. The molecule has 1 aromatic heterocycles. The predicted octanol–water partition coefficient (Wildman–Crippen LogP) is 1.16. The van der Waals surface area contributed by atoms with Crippen molar-refractivity contribution in [2.45, 2.75) is 25.8 Å². The molecule has 1 unspecified atom stereocenters. The predicted molar refractivity (Wildman–Crippen MR) is 70.0 cm³/mol. The number of nitrogens with zero attached hydrogens (tertiary/aromatic N) is 1. The normalized spacial score (nSPS) is 19.4. The third-order valence-corrected chi connectivity index (χ3v) is 4.22. The zero-order chi connectivity index (χ0) is 13.3. The molecule has 18 heavy (non-hydrogen) atoms. The highest BCUT2D eigenvalue weighted by atomic mass is 32.1. The minimum atomic E-state index is -0.408. The fourth-order valence-corrected chi connectivity index (χ4v) is 3.10. The Labute approximate surface area is 110 Å². The second-order valence-electron chi connectivity index (χ2n) is 4.25. The van der Waals surface area contributed by atoms with E-state index in [1.165, 1.54) is 18.4 Å². The van der Waals surface area contributed by atoms with Crippen LogP contribution in [0.2, 0.25) is 0 Å². The first-order valence-corrected chi connectivity index (χ1v) is 6.65. The molecule has 2 N–H and O–H groups in total. The van der Waals surface area contributed by atoms with Crippen LogP contribution in [0.1, 0.15) is 28.6 Å². The molecular weight excluding hydrogens is 252 g/mol. The lowest BCUT2D eigenvalue weighted by Gasteiger charge is -2.15. The van der Waals surface area contributed by atoms with E-state index in [0.29, 0.717) is 23.5 Å². The van der Waals surface area contributed by atoms with E-state index in [9.17, 15) is 9.59 Å². The fraction of sp³-hybridized carbons (Fsp3) is 0.500. The largest absolute Gasteiger partial charge is 0.465 e. The number of aryl methyl sites for hydroxylation is 1. The van der Waals surface area contributed by atoms with Crippen LogP contribution in [0.3, 0.4) is 0 Å². The number of nitrogens with two attached hydrogens (primary N) is 1. The molecule has 2 rings (SSSR count). The molecule has 1 amide bonds. The van der Waals surface area contributed by atoms with Crippen molar-refractivity contribution in [3.05, 3.63) is 16.5 Å². The zero-order valence-electron chi connectivity index (χ0n) is 10.4. The van der Waals surface area contributed by atoms with Gasteiger partial charge >= 0.3 is 5.97 Å². The van der Waals surface area contributed by atoms with Crippen molar-refractivity contribution in [2.24, 2.45) is 5.73 Å². The molecule has 2 heterocycles. The maximum atomic E-state index is 11.8. The van der Waals surface area contributed by atoms with Crippen LogP contribution in [0.25, 0.3) is 0 Å². The van der Waals surface area contributed by atoms with E-state index in [4.69, 9.17) is 10.5 Å². The molecule has 0 saturated carbocycles. The van der Waals surface area contributed by atoms with Crippen LogP contribution in [0, 0.1) is 0 Å². The van der Waals surface area contributed by atoms with E-state index in [2.05, 4.69) is 0 Å². The van der Waals surface area contributed by atoms with Gasteiger partial charge in [0.1, 0.15) is 5.00 Å². The summed E-state index contributed by atoms with van der Waals surface area (Å²) < 4.78 is 4.75. The van der Waals surface area contributed by atoms with E-state index in [1.807, 2.05) is 6.92 Å². The summed E-state index contributed by atoms with van der Waals surface area (Å²) in [5, 5.41) is 0.664. The quantitative estimate of drug-likeness (QED) is 0.835. The average Bonchev–Trinajstić information content (AvgIpc) is 2.91. The lowest BCUT2D eigenvalue weighted by atomic mass is 10.2. The minimum absolute atomic E-state index is 0.0304. The van der Waals surface area contributed by atoms with E-state index in [-0.39, 0.29) is 11.9 Å². The Balaban J connectivity index is 2.39. The van der Waals surface area contributed by atoms with Crippen LogP contribution in [-0.2, 0) is 16.0 Å². The Morgan fingerprint density at radius 1 is 1.67 bits per heavy atom. The van der Waals surface area contributed by atoms with Gasteiger partial charge in [-0.1, -0.05) is 6.92 Å². The molecule has 6 heteroatoms. The molecule has 1 aromatic rings. The van der Waals surface area contributed by atoms with Crippen molar-refractivity contribution in [3.8, 4) is 0 Å². The Morgan fingerprint density at radius 3 is 2.89 bits per heavy atom. The molecule has 1 fully saturated rings. The number of carbonyl (C=O) groups excluding carboxylic acids is 2. The van der Waals surface area contributed by atoms with E-state index >= 15 is 0 Å². The van der Waals surface area contributed by atoms with Crippen LogP contribution < -0.4 is 10.6 Å². The average molecular weight is 268 g/mol. The number of anilines is 1. The Bertz CT molecular complexity index is 484. The Morgan fingerprint density at radius 2 is 2.39 bits per heavy atom. The van der Waals surface area contributed by atoms with Crippen LogP contribution in [0.5, 0.6) is 0 Å². The maximum Gasteiger partial charge on any atom is 0.340 e. The number of amides is 1. The number of carbonyl (C=O) groups is 2. The fourth-order valence-electron chi connectivity index (χ4n) is 1.99. The molecule has 0 aromatic carbocycles. The van der Waals surface area contributed by atoms with Crippen LogP contribution >= 0.6 is 11.3 Å². The van der Waals surface area contributed by atoms with Gasteiger partial charge in [-0.2, -0.15) is 0 Å². The first-order valence-electron chi connectivity index (χ1n) is 5.83. The van der Waals surface area contributed by atoms with Gasteiger partial charge in [-0.05, 0) is 12.5 Å². The first-order chi connectivity index (χ1) is 8.56. The molecule has 0 spiro atoms. The summed E-state index contributed by atoms with van der Waals surface area (Å²) in [4.78, 5) is 26.2. The maximum absolute atomic E-state index is 11.8. The Hall–Kier alpha value is -1.40. The van der Waals surface area contributed by atoms with Gasteiger partial charge in [-0.3, -0.25) is 4.79 Å². The number of esters is 1. The van der Waals surface area contributed by atoms with Gasteiger partial charge in [0.2, 0.25) is 5.91 Å². The summed E-state index contributed by atoms with van der Waals surface area (Å²) >= 11 is 1.45. The van der Waals surface area contributed by atoms with Gasteiger partial charge < -0.3 is 15.4 Å². The summed E-state index contributed by atoms with van der Waals surface area (Å²) in [6.07, 6.45) is 1.16. The van der Waals surface area contributed by atoms with Crippen molar-refractivity contribution < 1.29 is 14.3 Å². The summed E-state index contributed by atoms with van der Waals surface area (Å²) in [6, 6.07) is 1.64. The summed E-state index contributed by atoms with van der Waals surface area (Å²) in [5.41, 5.74) is 6.24. The monoisotopic (exact) mass is 268 g/mol. The van der Waals surface area contributed by atoms with Crippen molar-refractivity contribution in [3.63, 3.8) is 0 Å². The number of rotatable bonds is 3. The highest BCUT2D eigenvalue weighted by molar-refractivity contribution is 7.16. The van der Waals surface area contributed by atoms with Crippen molar-refractivity contribution in [1.82, 2.24) is 0 Å². The molecule has 98 valence electrons. The molecule has 5 nitrogen and oxygen atoms in total. The number of hydrogen-bond donors (Lipinski definition) is 1. The number of hydrogen-bond acceptors (Lipinski definition) is 5. The molecule has 1 aliphatic heterocycles. The Kier molecular flexibility index (Phi) is 3.68.